The normalized spacial score (nSPS) is 17.5. The number of guanidine groups is 1. The number of nitrogens with two attached hydrogens (primary N) is 1. The molecule has 0 spiro atoms. The maximum Gasteiger partial charge on any atom is 0.210 e. The standard InChI is InChI=1S/C17H23FN6/c1-5-20-12(4)21-16-15(10-19)23-17(24(16)11(2)3)22-14-9-7-6-8-13(14)18/h6-11,20H,4-5,19H2,1-3H3,(H,22,23)/b15-10+,21-16+. The monoisotopic (exact) mass is 330 g/mol. The molecule has 0 bridgehead atoms. The Balaban J connectivity index is 2.38. The van der Waals surface area contributed by atoms with Gasteiger partial charge in [-0.1, -0.05) is 18.7 Å². The highest BCUT2D eigenvalue weighted by atomic mass is 19.1. The number of halogens is 1. The predicted octanol–water partition coefficient (Wildman–Crippen LogP) is 2.60. The molecule has 1 aromatic carbocycles. The van der Waals surface area contributed by atoms with Crippen molar-refractivity contribution in [3.8, 4) is 0 Å². The molecular weight excluding hydrogens is 307 g/mol. The molecule has 7 heteroatoms. The van der Waals surface area contributed by atoms with E-state index in [1.165, 1.54) is 12.3 Å². The second kappa shape index (κ2) is 7.63. The van der Waals surface area contributed by atoms with E-state index in [0.29, 0.717) is 35.5 Å². The number of rotatable bonds is 5. The largest absolute Gasteiger partial charge is 0.403 e. The average Bonchev–Trinajstić information content (AvgIpc) is 2.87. The molecular formula is C17H23FN6. The van der Waals surface area contributed by atoms with Gasteiger partial charge in [0.25, 0.3) is 0 Å². The van der Waals surface area contributed by atoms with Crippen LogP contribution in [-0.2, 0) is 0 Å². The molecule has 2 rings (SSSR count). The van der Waals surface area contributed by atoms with E-state index in [1.807, 2.05) is 25.7 Å². The van der Waals surface area contributed by atoms with Crippen LogP contribution in [0.4, 0.5) is 10.1 Å². The summed E-state index contributed by atoms with van der Waals surface area (Å²) in [5.41, 5.74) is 6.53. The third kappa shape index (κ3) is 3.73. The first-order chi connectivity index (χ1) is 11.5. The first-order valence-electron chi connectivity index (χ1n) is 7.81. The lowest BCUT2D eigenvalue weighted by Crippen LogP contribution is -2.42. The van der Waals surface area contributed by atoms with Crippen molar-refractivity contribution in [2.45, 2.75) is 26.8 Å². The summed E-state index contributed by atoms with van der Waals surface area (Å²) < 4.78 is 13.9. The van der Waals surface area contributed by atoms with Crippen molar-refractivity contribution < 1.29 is 4.39 Å². The molecule has 1 aliphatic heterocycles. The van der Waals surface area contributed by atoms with Crippen LogP contribution in [0.2, 0.25) is 0 Å². The zero-order valence-corrected chi connectivity index (χ0v) is 14.2. The lowest BCUT2D eigenvalue weighted by atomic mass is 10.3. The first-order valence-corrected chi connectivity index (χ1v) is 7.81. The van der Waals surface area contributed by atoms with Crippen molar-refractivity contribution in [1.29, 1.82) is 0 Å². The number of amidine groups is 1. The summed E-state index contributed by atoms with van der Waals surface area (Å²) in [4.78, 5) is 10.8. The summed E-state index contributed by atoms with van der Waals surface area (Å²) in [6, 6.07) is 6.46. The minimum absolute atomic E-state index is 0.0358. The van der Waals surface area contributed by atoms with Gasteiger partial charge in [0.05, 0.1) is 5.69 Å². The number of aliphatic imine (C=N–C) groups is 2. The van der Waals surface area contributed by atoms with Crippen LogP contribution >= 0.6 is 0 Å². The van der Waals surface area contributed by atoms with Crippen molar-refractivity contribution >= 4 is 17.5 Å². The molecule has 0 unspecified atom stereocenters. The van der Waals surface area contributed by atoms with E-state index in [-0.39, 0.29) is 11.9 Å². The molecule has 0 saturated carbocycles. The highest BCUT2D eigenvalue weighted by Gasteiger charge is 2.31. The van der Waals surface area contributed by atoms with Crippen LogP contribution < -0.4 is 16.4 Å². The molecule has 0 amide bonds. The summed E-state index contributed by atoms with van der Waals surface area (Å²) in [7, 11) is 0. The van der Waals surface area contributed by atoms with Gasteiger partial charge in [0.2, 0.25) is 5.96 Å². The second-order valence-corrected chi connectivity index (χ2v) is 5.47. The van der Waals surface area contributed by atoms with Gasteiger partial charge in [-0.05, 0) is 32.9 Å². The molecule has 0 aromatic heterocycles. The van der Waals surface area contributed by atoms with Crippen LogP contribution in [0.1, 0.15) is 20.8 Å². The molecule has 1 heterocycles. The molecule has 0 saturated heterocycles. The van der Waals surface area contributed by atoms with Crippen LogP contribution in [0.5, 0.6) is 0 Å². The Hall–Kier alpha value is -2.83. The Morgan fingerprint density at radius 2 is 2.17 bits per heavy atom. The smallest absolute Gasteiger partial charge is 0.210 e. The van der Waals surface area contributed by atoms with Gasteiger partial charge >= 0.3 is 0 Å². The van der Waals surface area contributed by atoms with Gasteiger partial charge in [-0.2, -0.15) is 0 Å². The van der Waals surface area contributed by atoms with Crippen LogP contribution in [0, 0.1) is 5.82 Å². The van der Waals surface area contributed by atoms with Crippen LogP contribution in [0.25, 0.3) is 0 Å². The summed E-state index contributed by atoms with van der Waals surface area (Å²) in [5, 5.41) is 6.06. The summed E-state index contributed by atoms with van der Waals surface area (Å²) >= 11 is 0. The minimum Gasteiger partial charge on any atom is -0.403 e. The van der Waals surface area contributed by atoms with E-state index in [2.05, 4.69) is 27.2 Å². The fourth-order valence-corrected chi connectivity index (χ4v) is 2.30. The van der Waals surface area contributed by atoms with E-state index in [9.17, 15) is 4.39 Å². The summed E-state index contributed by atoms with van der Waals surface area (Å²) in [6.45, 7) is 10.5. The summed E-state index contributed by atoms with van der Waals surface area (Å²) in [6.07, 6.45) is 1.38. The zero-order chi connectivity index (χ0) is 17.7. The quantitative estimate of drug-likeness (QED) is 0.775. The van der Waals surface area contributed by atoms with Gasteiger partial charge in [0.15, 0.2) is 5.84 Å². The van der Waals surface area contributed by atoms with Gasteiger partial charge in [-0.25, -0.2) is 14.4 Å². The van der Waals surface area contributed by atoms with Gasteiger partial charge in [-0.15, -0.1) is 0 Å². The van der Waals surface area contributed by atoms with Gasteiger partial charge in [0.1, 0.15) is 17.3 Å². The third-order valence-corrected chi connectivity index (χ3v) is 3.33. The third-order valence-electron chi connectivity index (χ3n) is 3.33. The number of nitrogens with one attached hydrogen (secondary N) is 2. The van der Waals surface area contributed by atoms with Crippen molar-refractivity contribution in [1.82, 2.24) is 10.2 Å². The van der Waals surface area contributed by atoms with Crippen LogP contribution in [0.3, 0.4) is 0 Å². The van der Waals surface area contributed by atoms with E-state index in [4.69, 9.17) is 5.73 Å². The number of benzene rings is 1. The zero-order valence-electron chi connectivity index (χ0n) is 14.2. The second-order valence-electron chi connectivity index (χ2n) is 5.47. The van der Waals surface area contributed by atoms with Crippen LogP contribution in [0.15, 0.2) is 58.5 Å². The number of hydrogen-bond donors (Lipinski definition) is 3. The lowest BCUT2D eigenvalue weighted by Gasteiger charge is -2.26. The molecule has 1 aromatic rings. The van der Waals surface area contributed by atoms with Gasteiger partial charge in [-0.3, -0.25) is 4.90 Å². The van der Waals surface area contributed by atoms with Gasteiger partial charge in [0, 0.05) is 18.8 Å². The Morgan fingerprint density at radius 3 is 2.75 bits per heavy atom. The molecule has 0 atom stereocenters. The fraction of sp³-hybridized carbons (Fsp3) is 0.294. The molecule has 0 fully saturated rings. The number of nitrogens with zero attached hydrogens (tertiary/aromatic N) is 3. The van der Waals surface area contributed by atoms with E-state index >= 15 is 0 Å². The molecule has 4 N–H and O–H groups in total. The minimum atomic E-state index is -0.357. The number of hydrogen-bond acceptors (Lipinski definition) is 5. The maximum absolute atomic E-state index is 13.9. The van der Waals surface area contributed by atoms with Crippen molar-refractivity contribution in [3.63, 3.8) is 0 Å². The van der Waals surface area contributed by atoms with E-state index in [0.717, 1.165) is 0 Å². The van der Waals surface area contributed by atoms with E-state index < -0.39 is 0 Å². The van der Waals surface area contributed by atoms with E-state index in [1.54, 1.807) is 18.2 Å². The summed E-state index contributed by atoms with van der Waals surface area (Å²) in [5.74, 6) is 1.19. The molecule has 0 aliphatic carbocycles. The topological polar surface area (TPSA) is 78.0 Å². The van der Waals surface area contributed by atoms with Crippen molar-refractivity contribution in [2.75, 3.05) is 11.9 Å². The SMILES string of the molecule is C=C(/N=C1\C(=C/N)N=C(Nc2ccccc2F)N1C(C)C)NCC. The number of para-hydroxylation sites is 1. The Morgan fingerprint density at radius 1 is 1.46 bits per heavy atom. The van der Waals surface area contributed by atoms with Crippen molar-refractivity contribution in [3.05, 3.63) is 54.4 Å². The van der Waals surface area contributed by atoms with Gasteiger partial charge < -0.3 is 16.4 Å². The lowest BCUT2D eigenvalue weighted by molar-refractivity contribution is 0.506. The molecule has 128 valence electrons. The average molecular weight is 330 g/mol. The highest BCUT2D eigenvalue weighted by molar-refractivity contribution is 6.18. The maximum atomic E-state index is 13.9. The molecule has 24 heavy (non-hydrogen) atoms. The Bertz CT molecular complexity index is 705. The van der Waals surface area contributed by atoms with Crippen LogP contribution in [-0.4, -0.2) is 29.3 Å². The first kappa shape index (κ1) is 17.5. The van der Waals surface area contributed by atoms with Crippen molar-refractivity contribution in [2.24, 2.45) is 15.7 Å². The highest BCUT2D eigenvalue weighted by Crippen LogP contribution is 2.22. The predicted molar refractivity (Wildman–Crippen MR) is 97.0 cm³/mol. The molecule has 6 nitrogen and oxygen atoms in total. The Kier molecular flexibility index (Phi) is 5.57. The fourth-order valence-electron chi connectivity index (χ4n) is 2.30. The molecule has 1 aliphatic rings. The Labute approximate surface area is 141 Å². The molecule has 0 radical (unpaired) electrons. The number of anilines is 1.